The summed E-state index contributed by atoms with van der Waals surface area (Å²) in [5.41, 5.74) is 0. The molecule has 1 aliphatic rings. The predicted molar refractivity (Wildman–Crippen MR) is 46.7 cm³/mol. The van der Waals surface area contributed by atoms with E-state index in [1.807, 2.05) is 0 Å². The first-order valence-corrected chi connectivity index (χ1v) is 4.74. The smallest absolute Gasteiger partial charge is 0.275 e. The van der Waals surface area contributed by atoms with Gasteiger partial charge in [-0.25, -0.2) is 5.06 Å². The maximum absolute atomic E-state index is 12.3. The maximum Gasteiger partial charge on any atom is 0.391 e. The minimum atomic E-state index is -4.18. The lowest BCUT2D eigenvalue weighted by Crippen LogP contribution is -2.31. The second-order valence-corrected chi connectivity index (χ2v) is 3.77. The van der Waals surface area contributed by atoms with E-state index in [-0.39, 0.29) is 25.2 Å². The van der Waals surface area contributed by atoms with Gasteiger partial charge in [0.05, 0.1) is 13.0 Å². The molecule has 0 bridgehead atoms. The van der Waals surface area contributed by atoms with E-state index in [4.69, 9.17) is 0 Å². The van der Waals surface area contributed by atoms with E-state index in [2.05, 4.69) is 4.84 Å². The van der Waals surface area contributed by atoms with Crippen molar-refractivity contribution in [3.05, 3.63) is 0 Å². The Kier molecular flexibility index (Phi) is 3.59. The second-order valence-electron chi connectivity index (χ2n) is 3.77. The third-order valence-corrected chi connectivity index (χ3v) is 2.83. The Morgan fingerprint density at radius 3 is 2.40 bits per heavy atom. The molecule has 1 saturated carbocycles. The number of hydroxylamine groups is 2. The Morgan fingerprint density at radius 1 is 1.40 bits per heavy atom. The first kappa shape index (κ1) is 12.3. The minimum Gasteiger partial charge on any atom is -0.275 e. The third-order valence-electron chi connectivity index (χ3n) is 2.83. The number of halogens is 3. The lowest BCUT2D eigenvalue weighted by molar-refractivity contribution is -0.179. The summed E-state index contributed by atoms with van der Waals surface area (Å²) in [6.07, 6.45) is -3.97. The molecular formula is C9H14F3NO2. The molecule has 3 nitrogen and oxygen atoms in total. The Hall–Kier alpha value is -0.780. The van der Waals surface area contributed by atoms with E-state index in [1.165, 1.54) is 14.2 Å². The van der Waals surface area contributed by atoms with Gasteiger partial charge in [-0.1, -0.05) is 0 Å². The molecule has 0 saturated heterocycles. The molecule has 0 aliphatic heterocycles. The molecule has 0 radical (unpaired) electrons. The monoisotopic (exact) mass is 225 g/mol. The normalized spacial score (nSPS) is 26.7. The highest BCUT2D eigenvalue weighted by Crippen LogP contribution is 2.42. The highest BCUT2D eigenvalue weighted by Gasteiger charge is 2.46. The molecule has 1 fully saturated rings. The summed E-state index contributed by atoms with van der Waals surface area (Å²) in [6.45, 7) is 0. The van der Waals surface area contributed by atoms with E-state index in [0.717, 1.165) is 5.06 Å². The molecule has 0 heterocycles. The van der Waals surface area contributed by atoms with Crippen LogP contribution in [0.2, 0.25) is 0 Å². The van der Waals surface area contributed by atoms with Crippen molar-refractivity contribution in [3.63, 3.8) is 0 Å². The zero-order valence-electron chi connectivity index (χ0n) is 8.67. The van der Waals surface area contributed by atoms with Gasteiger partial charge in [0, 0.05) is 13.0 Å². The van der Waals surface area contributed by atoms with Gasteiger partial charge < -0.3 is 0 Å². The van der Waals surface area contributed by atoms with Crippen molar-refractivity contribution < 1.29 is 22.8 Å². The van der Waals surface area contributed by atoms with Gasteiger partial charge in [-0.15, -0.1) is 0 Å². The highest BCUT2D eigenvalue weighted by molar-refractivity contribution is 5.77. The van der Waals surface area contributed by atoms with Crippen LogP contribution in [0.4, 0.5) is 13.2 Å². The Bertz CT molecular complexity index is 242. The number of carbonyl (C=O) groups is 1. The van der Waals surface area contributed by atoms with Crippen molar-refractivity contribution >= 4 is 5.91 Å². The molecule has 1 aliphatic carbocycles. The standard InChI is InChI=1S/C9H14F3NO2/c1-13(15-2)8(14)6-3-4-7(5-6)9(10,11)12/h6-7H,3-5H2,1-2H3. The van der Waals surface area contributed by atoms with Crippen LogP contribution in [0.15, 0.2) is 0 Å². The van der Waals surface area contributed by atoms with Gasteiger partial charge in [0.2, 0.25) is 5.91 Å². The molecule has 2 unspecified atom stereocenters. The van der Waals surface area contributed by atoms with E-state index in [0.29, 0.717) is 0 Å². The van der Waals surface area contributed by atoms with Gasteiger partial charge in [-0.3, -0.25) is 9.63 Å². The molecule has 0 spiro atoms. The van der Waals surface area contributed by atoms with Gasteiger partial charge in [-0.05, 0) is 19.3 Å². The average molecular weight is 225 g/mol. The number of hydrogen-bond donors (Lipinski definition) is 0. The van der Waals surface area contributed by atoms with Gasteiger partial charge in [0.1, 0.15) is 0 Å². The highest BCUT2D eigenvalue weighted by atomic mass is 19.4. The first-order valence-electron chi connectivity index (χ1n) is 4.74. The first-order chi connectivity index (χ1) is 6.86. The molecular weight excluding hydrogens is 211 g/mol. The summed E-state index contributed by atoms with van der Waals surface area (Å²) in [4.78, 5) is 16.1. The van der Waals surface area contributed by atoms with E-state index in [9.17, 15) is 18.0 Å². The fourth-order valence-corrected chi connectivity index (χ4v) is 1.85. The number of rotatable bonds is 2. The number of nitrogens with zero attached hydrogens (tertiary/aromatic N) is 1. The van der Waals surface area contributed by atoms with Crippen LogP contribution < -0.4 is 0 Å². The van der Waals surface area contributed by atoms with Crippen LogP contribution in [0.25, 0.3) is 0 Å². The molecule has 1 amide bonds. The Balaban J connectivity index is 2.53. The summed E-state index contributed by atoms with van der Waals surface area (Å²) in [5.74, 6) is -2.26. The quantitative estimate of drug-likeness (QED) is 0.672. The summed E-state index contributed by atoms with van der Waals surface area (Å²) in [6, 6.07) is 0. The van der Waals surface area contributed by atoms with E-state index >= 15 is 0 Å². The number of carbonyl (C=O) groups excluding carboxylic acids is 1. The zero-order valence-corrected chi connectivity index (χ0v) is 8.67. The van der Waals surface area contributed by atoms with Crippen LogP contribution >= 0.6 is 0 Å². The minimum absolute atomic E-state index is 0.0391. The zero-order chi connectivity index (χ0) is 11.6. The van der Waals surface area contributed by atoms with Crippen LogP contribution in [0.5, 0.6) is 0 Å². The van der Waals surface area contributed by atoms with Crippen molar-refractivity contribution in [1.82, 2.24) is 5.06 Å². The van der Waals surface area contributed by atoms with Crippen LogP contribution in [0, 0.1) is 11.8 Å². The van der Waals surface area contributed by atoms with Gasteiger partial charge in [0.25, 0.3) is 0 Å². The van der Waals surface area contributed by atoms with Gasteiger partial charge in [0.15, 0.2) is 0 Å². The summed E-state index contributed by atoms with van der Waals surface area (Å²) in [7, 11) is 2.72. The Morgan fingerprint density at radius 2 is 2.00 bits per heavy atom. The molecule has 0 aromatic heterocycles. The molecule has 2 atom stereocenters. The Labute approximate surface area is 86.1 Å². The SMILES string of the molecule is CON(C)C(=O)C1CCC(C(F)(F)F)C1. The fraction of sp³-hybridized carbons (Fsp3) is 0.889. The molecule has 6 heteroatoms. The van der Waals surface area contributed by atoms with Crippen molar-refractivity contribution in [2.45, 2.75) is 25.4 Å². The fourth-order valence-electron chi connectivity index (χ4n) is 1.85. The van der Waals surface area contributed by atoms with Crippen LogP contribution in [-0.2, 0) is 9.63 Å². The predicted octanol–water partition coefficient (Wildman–Crippen LogP) is 1.98. The van der Waals surface area contributed by atoms with Crippen LogP contribution in [0.3, 0.4) is 0 Å². The van der Waals surface area contributed by atoms with E-state index < -0.39 is 18.0 Å². The van der Waals surface area contributed by atoms with E-state index in [1.54, 1.807) is 0 Å². The van der Waals surface area contributed by atoms with Crippen molar-refractivity contribution in [1.29, 1.82) is 0 Å². The largest absolute Gasteiger partial charge is 0.391 e. The number of alkyl halides is 3. The maximum atomic E-state index is 12.3. The third kappa shape index (κ3) is 2.84. The number of hydrogen-bond acceptors (Lipinski definition) is 2. The lowest BCUT2D eigenvalue weighted by atomic mass is 10.0. The second kappa shape index (κ2) is 4.38. The lowest BCUT2D eigenvalue weighted by Gasteiger charge is -2.18. The molecule has 15 heavy (non-hydrogen) atoms. The molecule has 0 aromatic carbocycles. The van der Waals surface area contributed by atoms with Crippen LogP contribution in [0.1, 0.15) is 19.3 Å². The van der Waals surface area contributed by atoms with Crippen molar-refractivity contribution in [3.8, 4) is 0 Å². The average Bonchev–Trinajstić information content (AvgIpc) is 2.63. The van der Waals surface area contributed by atoms with Crippen molar-refractivity contribution in [2.75, 3.05) is 14.2 Å². The molecule has 0 aromatic rings. The van der Waals surface area contributed by atoms with Crippen LogP contribution in [-0.4, -0.2) is 31.3 Å². The molecule has 1 rings (SSSR count). The molecule has 0 N–H and O–H groups in total. The summed E-state index contributed by atoms with van der Waals surface area (Å²) < 4.78 is 37.0. The summed E-state index contributed by atoms with van der Waals surface area (Å²) in [5, 5.41) is 0.990. The van der Waals surface area contributed by atoms with Gasteiger partial charge >= 0.3 is 6.18 Å². The van der Waals surface area contributed by atoms with Gasteiger partial charge in [-0.2, -0.15) is 13.2 Å². The van der Waals surface area contributed by atoms with Crippen molar-refractivity contribution in [2.24, 2.45) is 11.8 Å². The number of amides is 1. The topological polar surface area (TPSA) is 29.5 Å². The molecule has 88 valence electrons. The summed E-state index contributed by atoms with van der Waals surface area (Å²) >= 11 is 0.